The summed E-state index contributed by atoms with van der Waals surface area (Å²) in [7, 11) is 0. The molecule has 1 fully saturated rings. The molecular formula is C21H26ClN3O3S. The summed E-state index contributed by atoms with van der Waals surface area (Å²) < 4.78 is 5.27. The van der Waals surface area contributed by atoms with Crippen molar-refractivity contribution >= 4 is 34.9 Å². The van der Waals surface area contributed by atoms with Crippen molar-refractivity contribution in [3.63, 3.8) is 0 Å². The Bertz CT molecular complexity index is 876. The van der Waals surface area contributed by atoms with Crippen molar-refractivity contribution in [1.29, 1.82) is 0 Å². The minimum absolute atomic E-state index is 0.0752. The van der Waals surface area contributed by atoms with Gasteiger partial charge in [-0.25, -0.2) is 9.78 Å². The second kappa shape index (κ2) is 8.71. The van der Waals surface area contributed by atoms with Gasteiger partial charge in [-0.05, 0) is 52.2 Å². The summed E-state index contributed by atoms with van der Waals surface area (Å²) in [6.07, 6.45) is 0.400. The second-order valence-corrected chi connectivity index (χ2v) is 9.63. The van der Waals surface area contributed by atoms with Crippen molar-refractivity contribution in [1.82, 2.24) is 15.2 Å². The Kier molecular flexibility index (Phi) is 6.49. The molecule has 0 saturated carbocycles. The fourth-order valence-corrected chi connectivity index (χ4v) is 4.29. The molecule has 2 amide bonds. The van der Waals surface area contributed by atoms with Gasteiger partial charge in [0.1, 0.15) is 16.3 Å². The van der Waals surface area contributed by atoms with Crippen molar-refractivity contribution in [3.8, 4) is 10.6 Å². The van der Waals surface area contributed by atoms with Crippen LogP contribution in [-0.2, 0) is 4.74 Å². The Morgan fingerprint density at radius 3 is 2.66 bits per heavy atom. The molecule has 1 N–H and O–H groups in total. The van der Waals surface area contributed by atoms with Crippen LogP contribution in [0, 0.1) is 5.92 Å². The minimum Gasteiger partial charge on any atom is -0.444 e. The number of aromatic nitrogens is 1. The fraction of sp³-hybridized carbons (Fsp3) is 0.476. The van der Waals surface area contributed by atoms with Crippen LogP contribution in [0.3, 0.4) is 0 Å². The number of carbonyl (C=O) groups is 2. The largest absolute Gasteiger partial charge is 0.444 e. The SMILES string of the molecule is C[C@H]1C[C@H](CNC(=O)OC(C)(C)C)CN1C(=O)c1csc(-c2ccc(Cl)cc2)n1. The molecule has 1 saturated heterocycles. The molecular weight excluding hydrogens is 410 g/mol. The molecule has 1 aliphatic heterocycles. The maximum Gasteiger partial charge on any atom is 0.407 e. The number of thiazole rings is 1. The molecule has 0 unspecified atom stereocenters. The number of hydrogen-bond acceptors (Lipinski definition) is 5. The number of nitrogens with zero attached hydrogens (tertiary/aromatic N) is 2. The molecule has 8 heteroatoms. The second-order valence-electron chi connectivity index (χ2n) is 8.34. The molecule has 0 radical (unpaired) electrons. The maximum absolute atomic E-state index is 13.0. The molecule has 29 heavy (non-hydrogen) atoms. The van der Waals surface area contributed by atoms with Gasteiger partial charge >= 0.3 is 6.09 Å². The van der Waals surface area contributed by atoms with E-state index in [1.54, 1.807) is 5.38 Å². The van der Waals surface area contributed by atoms with Gasteiger partial charge in [-0.15, -0.1) is 11.3 Å². The van der Waals surface area contributed by atoms with E-state index in [9.17, 15) is 9.59 Å². The lowest BCUT2D eigenvalue weighted by molar-refractivity contribution is 0.0520. The van der Waals surface area contributed by atoms with E-state index < -0.39 is 11.7 Å². The van der Waals surface area contributed by atoms with E-state index in [2.05, 4.69) is 10.3 Å². The molecule has 2 atom stereocenters. The highest BCUT2D eigenvalue weighted by Crippen LogP contribution is 2.28. The van der Waals surface area contributed by atoms with Crippen molar-refractivity contribution in [2.24, 2.45) is 5.92 Å². The molecule has 1 aliphatic rings. The van der Waals surface area contributed by atoms with E-state index in [0.717, 1.165) is 17.0 Å². The lowest BCUT2D eigenvalue weighted by atomic mass is 10.1. The molecule has 3 rings (SSSR count). The average molecular weight is 436 g/mol. The molecule has 0 aliphatic carbocycles. The van der Waals surface area contributed by atoms with Gasteiger partial charge in [0.25, 0.3) is 5.91 Å². The third-order valence-corrected chi connectivity index (χ3v) is 5.81. The van der Waals surface area contributed by atoms with Crippen molar-refractivity contribution in [2.45, 2.75) is 45.8 Å². The van der Waals surface area contributed by atoms with Crippen molar-refractivity contribution in [2.75, 3.05) is 13.1 Å². The minimum atomic E-state index is -0.526. The predicted octanol–water partition coefficient (Wildman–Crippen LogP) is 4.84. The van der Waals surface area contributed by atoms with E-state index in [1.807, 2.05) is 56.9 Å². The van der Waals surface area contributed by atoms with Crippen LogP contribution >= 0.6 is 22.9 Å². The number of nitrogens with one attached hydrogen (secondary N) is 1. The van der Waals surface area contributed by atoms with Crippen LogP contribution in [0.25, 0.3) is 10.6 Å². The zero-order valence-electron chi connectivity index (χ0n) is 17.1. The third-order valence-electron chi connectivity index (χ3n) is 4.67. The average Bonchev–Trinajstić information content (AvgIpc) is 3.26. The van der Waals surface area contributed by atoms with Crippen LogP contribution in [-0.4, -0.2) is 46.6 Å². The topological polar surface area (TPSA) is 71.5 Å². The summed E-state index contributed by atoms with van der Waals surface area (Å²) in [4.78, 5) is 31.2. The smallest absolute Gasteiger partial charge is 0.407 e. The van der Waals surface area contributed by atoms with Gasteiger partial charge < -0.3 is 15.0 Å². The van der Waals surface area contributed by atoms with Gasteiger partial charge in [0.15, 0.2) is 0 Å². The van der Waals surface area contributed by atoms with E-state index in [-0.39, 0.29) is 17.9 Å². The quantitative estimate of drug-likeness (QED) is 0.745. The van der Waals surface area contributed by atoms with Gasteiger partial charge in [-0.2, -0.15) is 0 Å². The number of amides is 2. The summed E-state index contributed by atoms with van der Waals surface area (Å²) in [6, 6.07) is 7.50. The number of likely N-dealkylation sites (tertiary alicyclic amines) is 1. The zero-order chi connectivity index (χ0) is 21.2. The van der Waals surface area contributed by atoms with E-state index in [0.29, 0.717) is 23.8 Å². The van der Waals surface area contributed by atoms with Crippen LogP contribution in [0.5, 0.6) is 0 Å². The van der Waals surface area contributed by atoms with Crippen molar-refractivity contribution < 1.29 is 14.3 Å². The first kappa shape index (κ1) is 21.6. The first-order chi connectivity index (χ1) is 13.6. The molecule has 1 aromatic heterocycles. The number of halogens is 1. The first-order valence-corrected chi connectivity index (χ1v) is 10.9. The van der Waals surface area contributed by atoms with Crippen molar-refractivity contribution in [3.05, 3.63) is 40.4 Å². The Morgan fingerprint density at radius 1 is 1.31 bits per heavy atom. The van der Waals surface area contributed by atoms with E-state index in [1.165, 1.54) is 11.3 Å². The molecule has 156 valence electrons. The summed E-state index contributed by atoms with van der Waals surface area (Å²) in [5.41, 5.74) is 0.862. The standard InChI is InChI=1S/C21H26ClN3O3S/c1-13-9-14(10-23-20(27)28-21(2,3)4)11-25(13)19(26)17-12-29-18(24-17)15-5-7-16(22)8-6-15/h5-8,12-14H,9-11H2,1-4H3,(H,23,27)/t13-,14+/m0/s1. The van der Waals surface area contributed by atoms with Gasteiger partial charge in [0, 0.05) is 35.1 Å². The Labute approximate surface area is 180 Å². The van der Waals surface area contributed by atoms with Gasteiger partial charge in [0.05, 0.1) is 0 Å². The number of rotatable bonds is 4. The number of hydrogen-bond donors (Lipinski definition) is 1. The Morgan fingerprint density at radius 2 is 2.00 bits per heavy atom. The lowest BCUT2D eigenvalue weighted by Gasteiger charge is -2.21. The highest BCUT2D eigenvalue weighted by atomic mass is 35.5. The third kappa shape index (κ3) is 5.70. The number of benzene rings is 1. The molecule has 6 nitrogen and oxygen atoms in total. The summed E-state index contributed by atoms with van der Waals surface area (Å²) in [5, 5.41) is 6.06. The fourth-order valence-electron chi connectivity index (χ4n) is 3.36. The number of alkyl carbamates (subject to hydrolysis) is 1. The molecule has 0 bridgehead atoms. The summed E-state index contributed by atoms with van der Waals surface area (Å²) in [5.74, 6) is 0.115. The summed E-state index contributed by atoms with van der Waals surface area (Å²) >= 11 is 7.38. The van der Waals surface area contributed by atoms with Gasteiger partial charge in [0.2, 0.25) is 0 Å². The first-order valence-electron chi connectivity index (χ1n) is 9.61. The molecule has 0 spiro atoms. The highest BCUT2D eigenvalue weighted by molar-refractivity contribution is 7.13. The van der Waals surface area contributed by atoms with Crippen LogP contribution < -0.4 is 5.32 Å². The van der Waals surface area contributed by atoms with E-state index in [4.69, 9.17) is 16.3 Å². The Balaban J connectivity index is 1.59. The van der Waals surface area contributed by atoms with Crippen LogP contribution in [0.15, 0.2) is 29.6 Å². The van der Waals surface area contributed by atoms with Crippen LogP contribution in [0.2, 0.25) is 5.02 Å². The lowest BCUT2D eigenvalue weighted by Crippen LogP contribution is -2.37. The molecule has 2 aromatic rings. The predicted molar refractivity (Wildman–Crippen MR) is 115 cm³/mol. The Hall–Kier alpha value is -2.12. The maximum atomic E-state index is 13.0. The van der Waals surface area contributed by atoms with Gasteiger partial charge in [-0.1, -0.05) is 23.7 Å². The van der Waals surface area contributed by atoms with E-state index >= 15 is 0 Å². The summed E-state index contributed by atoms with van der Waals surface area (Å²) in [6.45, 7) is 8.59. The van der Waals surface area contributed by atoms with Crippen LogP contribution in [0.4, 0.5) is 4.79 Å². The number of carbonyl (C=O) groups excluding carboxylic acids is 2. The van der Waals surface area contributed by atoms with Crippen LogP contribution in [0.1, 0.15) is 44.6 Å². The number of ether oxygens (including phenoxy) is 1. The zero-order valence-corrected chi connectivity index (χ0v) is 18.6. The van der Waals surface area contributed by atoms with Gasteiger partial charge in [-0.3, -0.25) is 4.79 Å². The monoisotopic (exact) mass is 435 g/mol. The highest BCUT2D eigenvalue weighted by Gasteiger charge is 2.34. The molecule has 1 aromatic carbocycles. The molecule has 2 heterocycles. The normalized spacial score (nSPS) is 19.3.